The summed E-state index contributed by atoms with van der Waals surface area (Å²) in [5, 5.41) is 2.98. The summed E-state index contributed by atoms with van der Waals surface area (Å²) in [4.78, 5) is 18.7. The molecular formula is C15H26Cl2N4O2. The first-order valence-corrected chi connectivity index (χ1v) is 7.26. The minimum Gasteiger partial charge on any atom is -0.381 e. The van der Waals surface area contributed by atoms with Crippen LogP contribution >= 0.6 is 24.8 Å². The van der Waals surface area contributed by atoms with Gasteiger partial charge in [-0.05, 0) is 24.5 Å². The highest BCUT2D eigenvalue weighted by Gasteiger charge is 2.38. The van der Waals surface area contributed by atoms with Crippen molar-refractivity contribution in [1.82, 2.24) is 10.3 Å². The Kier molecular flexibility index (Phi) is 9.46. The Balaban J connectivity index is 0.00000242. The van der Waals surface area contributed by atoms with Crippen molar-refractivity contribution >= 4 is 36.5 Å². The molecule has 2 heterocycles. The summed E-state index contributed by atoms with van der Waals surface area (Å²) in [5.74, 6) is 0.915. The fourth-order valence-electron chi connectivity index (χ4n) is 2.44. The smallest absolute Gasteiger partial charge is 0.227 e. The zero-order valence-corrected chi connectivity index (χ0v) is 15.2. The van der Waals surface area contributed by atoms with Crippen LogP contribution in [0.1, 0.15) is 18.4 Å². The number of hydrogen-bond acceptors (Lipinski definition) is 5. The second-order valence-corrected chi connectivity index (χ2v) is 5.70. The van der Waals surface area contributed by atoms with Crippen LogP contribution in [0, 0.1) is 5.41 Å². The van der Waals surface area contributed by atoms with Crippen LogP contribution in [0.5, 0.6) is 0 Å². The molecule has 0 bridgehead atoms. The van der Waals surface area contributed by atoms with Crippen molar-refractivity contribution in [3.8, 4) is 0 Å². The molecule has 0 unspecified atom stereocenters. The SMILES string of the molecule is CN(C)c1ccc(CNC(=O)C2(CN)CCOCC2)cn1.Cl.Cl. The maximum Gasteiger partial charge on any atom is 0.227 e. The second kappa shape index (κ2) is 9.93. The predicted molar refractivity (Wildman–Crippen MR) is 96.4 cm³/mol. The van der Waals surface area contributed by atoms with Crippen molar-refractivity contribution in [2.75, 3.05) is 38.8 Å². The van der Waals surface area contributed by atoms with E-state index in [9.17, 15) is 4.79 Å². The molecule has 1 aliphatic heterocycles. The van der Waals surface area contributed by atoms with Crippen molar-refractivity contribution in [3.05, 3.63) is 23.9 Å². The van der Waals surface area contributed by atoms with E-state index in [4.69, 9.17) is 10.5 Å². The van der Waals surface area contributed by atoms with Crippen LogP contribution in [-0.2, 0) is 16.1 Å². The molecule has 8 heteroatoms. The molecule has 1 amide bonds. The van der Waals surface area contributed by atoms with Gasteiger partial charge in [-0.15, -0.1) is 24.8 Å². The van der Waals surface area contributed by atoms with Gasteiger partial charge in [0.15, 0.2) is 0 Å². The Morgan fingerprint density at radius 2 is 2.00 bits per heavy atom. The lowest BCUT2D eigenvalue weighted by Gasteiger charge is -2.34. The van der Waals surface area contributed by atoms with E-state index >= 15 is 0 Å². The minimum absolute atomic E-state index is 0. The van der Waals surface area contributed by atoms with Gasteiger partial charge in [0.05, 0.1) is 5.41 Å². The number of nitrogens with two attached hydrogens (primary N) is 1. The summed E-state index contributed by atoms with van der Waals surface area (Å²) in [6, 6.07) is 3.91. The van der Waals surface area contributed by atoms with Gasteiger partial charge in [-0.2, -0.15) is 0 Å². The first-order valence-electron chi connectivity index (χ1n) is 7.26. The van der Waals surface area contributed by atoms with Crippen molar-refractivity contribution in [1.29, 1.82) is 0 Å². The molecule has 0 aromatic carbocycles. The highest BCUT2D eigenvalue weighted by Crippen LogP contribution is 2.29. The van der Waals surface area contributed by atoms with Crippen molar-refractivity contribution < 1.29 is 9.53 Å². The fourth-order valence-corrected chi connectivity index (χ4v) is 2.44. The second-order valence-electron chi connectivity index (χ2n) is 5.70. The van der Waals surface area contributed by atoms with Crippen molar-refractivity contribution in [3.63, 3.8) is 0 Å². The molecule has 2 rings (SSSR count). The van der Waals surface area contributed by atoms with Gasteiger partial charge in [-0.25, -0.2) is 4.98 Å². The van der Waals surface area contributed by atoms with Gasteiger partial charge in [-0.3, -0.25) is 4.79 Å². The van der Waals surface area contributed by atoms with E-state index < -0.39 is 5.41 Å². The number of anilines is 1. The number of ether oxygens (including phenoxy) is 1. The van der Waals surface area contributed by atoms with Crippen molar-refractivity contribution in [2.45, 2.75) is 19.4 Å². The number of hydrogen-bond donors (Lipinski definition) is 2. The summed E-state index contributed by atoms with van der Waals surface area (Å²) in [6.07, 6.45) is 3.16. The van der Waals surface area contributed by atoms with E-state index in [1.54, 1.807) is 6.20 Å². The van der Waals surface area contributed by atoms with Gasteiger partial charge in [0.2, 0.25) is 5.91 Å². The van der Waals surface area contributed by atoms with Gasteiger partial charge in [0, 0.05) is 46.6 Å². The molecule has 23 heavy (non-hydrogen) atoms. The van der Waals surface area contributed by atoms with E-state index in [1.165, 1.54) is 0 Å². The van der Waals surface area contributed by atoms with Gasteiger partial charge < -0.3 is 20.7 Å². The molecule has 6 nitrogen and oxygen atoms in total. The van der Waals surface area contributed by atoms with Crippen LogP contribution in [0.3, 0.4) is 0 Å². The van der Waals surface area contributed by atoms with Crippen molar-refractivity contribution in [2.24, 2.45) is 11.1 Å². The fraction of sp³-hybridized carbons (Fsp3) is 0.600. The number of carbonyl (C=O) groups is 1. The molecule has 0 spiro atoms. The third-order valence-electron chi connectivity index (χ3n) is 4.04. The van der Waals surface area contributed by atoms with E-state index in [1.807, 2.05) is 31.1 Å². The summed E-state index contributed by atoms with van der Waals surface area (Å²) in [5.41, 5.74) is 6.33. The molecule has 3 N–H and O–H groups in total. The zero-order chi connectivity index (χ0) is 15.3. The lowest BCUT2D eigenvalue weighted by Crippen LogP contribution is -2.48. The number of aromatic nitrogens is 1. The average molecular weight is 365 g/mol. The summed E-state index contributed by atoms with van der Waals surface area (Å²) in [7, 11) is 3.89. The van der Waals surface area contributed by atoms with E-state index in [2.05, 4.69) is 10.3 Å². The summed E-state index contributed by atoms with van der Waals surface area (Å²) >= 11 is 0. The Morgan fingerprint density at radius 3 is 2.48 bits per heavy atom. The van der Waals surface area contributed by atoms with Gasteiger partial charge >= 0.3 is 0 Å². The molecule has 1 saturated heterocycles. The van der Waals surface area contributed by atoms with E-state index in [0.29, 0.717) is 39.1 Å². The maximum atomic E-state index is 12.4. The zero-order valence-electron chi connectivity index (χ0n) is 13.6. The van der Waals surface area contributed by atoms with Gasteiger partial charge in [0.1, 0.15) is 5.82 Å². The Bertz CT molecular complexity index is 477. The summed E-state index contributed by atoms with van der Waals surface area (Å²) in [6.45, 7) is 2.04. The number of amides is 1. The van der Waals surface area contributed by atoms with Crippen LogP contribution < -0.4 is 16.0 Å². The quantitative estimate of drug-likeness (QED) is 0.824. The number of pyridine rings is 1. The molecule has 1 aliphatic rings. The molecule has 1 aromatic heterocycles. The molecule has 0 saturated carbocycles. The molecule has 0 radical (unpaired) electrons. The van der Waals surface area contributed by atoms with Crippen LogP contribution in [0.2, 0.25) is 0 Å². The Hall–Kier alpha value is -1.08. The summed E-state index contributed by atoms with van der Waals surface area (Å²) < 4.78 is 5.32. The number of carbonyl (C=O) groups excluding carboxylic acids is 1. The third kappa shape index (κ3) is 5.49. The Labute approximate surface area is 150 Å². The lowest BCUT2D eigenvalue weighted by molar-refractivity contribution is -0.136. The standard InChI is InChI=1S/C15H24N4O2.2ClH/c1-19(2)13-4-3-12(9-17-13)10-18-14(20)15(11-16)5-7-21-8-6-15;;/h3-4,9H,5-8,10-11,16H2,1-2H3,(H,18,20);2*1H. The Morgan fingerprint density at radius 1 is 1.35 bits per heavy atom. The maximum absolute atomic E-state index is 12.4. The van der Waals surface area contributed by atoms with Gasteiger partial charge in [0.25, 0.3) is 0 Å². The van der Waals surface area contributed by atoms with E-state index in [-0.39, 0.29) is 30.7 Å². The molecular weight excluding hydrogens is 339 g/mol. The average Bonchev–Trinajstić information content (AvgIpc) is 2.53. The van der Waals surface area contributed by atoms with Crippen LogP contribution in [-0.4, -0.2) is 44.7 Å². The lowest BCUT2D eigenvalue weighted by atomic mass is 9.79. The molecule has 1 aromatic rings. The first kappa shape index (κ1) is 21.9. The third-order valence-corrected chi connectivity index (χ3v) is 4.04. The molecule has 0 atom stereocenters. The van der Waals surface area contributed by atoms with Crippen LogP contribution in [0.25, 0.3) is 0 Å². The van der Waals surface area contributed by atoms with Crippen LogP contribution in [0.15, 0.2) is 18.3 Å². The monoisotopic (exact) mass is 364 g/mol. The topological polar surface area (TPSA) is 80.5 Å². The van der Waals surface area contributed by atoms with Gasteiger partial charge in [-0.1, -0.05) is 6.07 Å². The highest BCUT2D eigenvalue weighted by atomic mass is 35.5. The molecule has 0 aliphatic carbocycles. The normalized spacial score (nSPS) is 15.8. The number of nitrogens with zero attached hydrogens (tertiary/aromatic N) is 2. The number of halogens is 2. The number of rotatable bonds is 5. The largest absolute Gasteiger partial charge is 0.381 e. The first-order chi connectivity index (χ1) is 10.1. The minimum atomic E-state index is -0.477. The van der Waals surface area contributed by atoms with Crippen LogP contribution in [0.4, 0.5) is 5.82 Å². The van der Waals surface area contributed by atoms with E-state index in [0.717, 1.165) is 11.4 Å². The number of nitrogens with one attached hydrogen (secondary N) is 1. The molecule has 132 valence electrons. The predicted octanol–water partition coefficient (Wildman–Crippen LogP) is 1.36. The molecule has 1 fully saturated rings. The highest BCUT2D eigenvalue weighted by molar-refractivity contribution is 5.85.